The number of carbonyl (C=O) groups excluding carboxylic acids is 2. The Kier molecular flexibility index (Phi) is 3.75. The summed E-state index contributed by atoms with van der Waals surface area (Å²) in [5, 5.41) is 2.97. The number of aryl methyl sites for hydroxylation is 1. The zero-order valence-electron chi connectivity index (χ0n) is 13.7. The van der Waals surface area contributed by atoms with Crippen molar-refractivity contribution in [1.29, 1.82) is 0 Å². The lowest BCUT2D eigenvalue weighted by molar-refractivity contribution is -0.132. The topological polar surface area (TPSA) is 54.3 Å². The van der Waals surface area contributed by atoms with Gasteiger partial charge in [0.1, 0.15) is 0 Å². The summed E-state index contributed by atoms with van der Waals surface area (Å²) in [5.41, 5.74) is 2.59. The molecule has 22 heavy (non-hydrogen) atoms. The van der Waals surface area contributed by atoms with Crippen LogP contribution in [-0.2, 0) is 11.3 Å². The molecule has 1 spiro atoms. The summed E-state index contributed by atoms with van der Waals surface area (Å²) in [6.07, 6.45) is 2.70. The van der Waals surface area contributed by atoms with Gasteiger partial charge in [-0.3, -0.25) is 9.59 Å². The third-order valence-corrected chi connectivity index (χ3v) is 5.36. The van der Waals surface area contributed by atoms with Crippen LogP contribution in [0.3, 0.4) is 0 Å². The molecule has 2 aliphatic rings. The Morgan fingerprint density at radius 3 is 2.77 bits per heavy atom. The SMILES string of the molecule is CCn1c(C)cc(C(=O)N2CCC3(CCCNC3=O)C2)c1C. The van der Waals surface area contributed by atoms with Gasteiger partial charge in [-0.2, -0.15) is 0 Å². The monoisotopic (exact) mass is 303 g/mol. The molecule has 1 aromatic rings. The van der Waals surface area contributed by atoms with Crippen LogP contribution in [0.25, 0.3) is 0 Å². The van der Waals surface area contributed by atoms with Gasteiger partial charge in [0, 0.05) is 37.6 Å². The minimum atomic E-state index is -0.343. The normalized spacial score (nSPS) is 24.9. The summed E-state index contributed by atoms with van der Waals surface area (Å²) in [4.78, 5) is 27.0. The standard InChI is InChI=1S/C17H25N3O2/c1-4-20-12(2)10-14(13(20)3)15(21)19-9-7-17(11-19)6-5-8-18-16(17)22/h10H,4-9,11H2,1-3H3,(H,18,22). The van der Waals surface area contributed by atoms with Crippen LogP contribution in [0.15, 0.2) is 6.07 Å². The summed E-state index contributed by atoms with van der Waals surface area (Å²) in [6, 6.07) is 1.98. The second kappa shape index (κ2) is 5.45. The predicted octanol–water partition coefficient (Wildman–Crippen LogP) is 1.87. The minimum absolute atomic E-state index is 0.0723. The zero-order valence-corrected chi connectivity index (χ0v) is 13.7. The molecule has 0 saturated carbocycles. The first kappa shape index (κ1) is 15.1. The van der Waals surface area contributed by atoms with Crippen molar-refractivity contribution in [2.45, 2.75) is 46.6 Å². The molecule has 2 amide bonds. The van der Waals surface area contributed by atoms with Crippen LogP contribution in [0.2, 0.25) is 0 Å². The van der Waals surface area contributed by atoms with Crippen molar-refractivity contribution in [2.24, 2.45) is 5.41 Å². The van der Waals surface area contributed by atoms with Crippen LogP contribution in [0.1, 0.15) is 47.9 Å². The van der Waals surface area contributed by atoms with Crippen LogP contribution in [-0.4, -0.2) is 40.9 Å². The van der Waals surface area contributed by atoms with Crippen LogP contribution >= 0.6 is 0 Å². The van der Waals surface area contributed by atoms with Gasteiger partial charge in [-0.25, -0.2) is 0 Å². The molecule has 0 aliphatic carbocycles. The summed E-state index contributed by atoms with van der Waals surface area (Å²) in [6.45, 7) is 9.01. The second-order valence-electron chi connectivity index (χ2n) is 6.65. The highest BCUT2D eigenvalue weighted by molar-refractivity contribution is 5.97. The summed E-state index contributed by atoms with van der Waals surface area (Å²) >= 11 is 0. The van der Waals surface area contributed by atoms with Crippen molar-refractivity contribution >= 4 is 11.8 Å². The van der Waals surface area contributed by atoms with Gasteiger partial charge in [0.15, 0.2) is 0 Å². The molecule has 0 bridgehead atoms. The number of nitrogens with zero attached hydrogens (tertiary/aromatic N) is 2. The summed E-state index contributed by atoms with van der Waals surface area (Å²) in [5.74, 6) is 0.205. The predicted molar refractivity (Wildman–Crippen MR) is 84.8 cm³/mol. The molecule has 1 aromatic heterocycles. The van der Waals surface area contributed by atoms with E-state index in [0.29, 0.717) is 13.1 Å². The lowest BCUT2D eigenvalue weighted by atomic mass is 9.79. The lowest BCUT2D eigenvalue weighted by Crippen LogP contribution is -2.47. The number of piperidine rings is 1. The molecule has 2 aliphatic heterocycles. The van der Waals surface area contributed by atoms with Crippen molar-refractivity contribution in [3.8, 4) is 0 Å². The van der Waals surface area contributed by atoms with Crippen LogP contribution in [0.4, 0.5) is 0 Å². The minimum Gasteiger partial charge on any atom is -0.356 e. The number of likely N-dealkylation sites (tertiary alicyclic amines) is 1. The van der Waals surface area contributed by atoms with Crippen molar-refractivity contribution in [3.63, 3.8) is 0 Å². The van der Waals surface area contributed by atoms with Gasteiger partial charge in [-0.05, 0) is 46.1 Å². The van der Waals surface area contributed by atoms with Gasteiger partial charge in [0.25, 0.3) is 5.91 Å². The number of hydrogen-bond donors (Lipinski definition) is 1. The highest BCUT2D eigenvalue weighted by Gasteiger charge is 2.47. The van der Waals surface area contributed by atoms with E-state index in [0.717, 1.165) is 49.3 Å². The molecule has 1 N–H and O–H groups in total. The maximum absolute atomic E-state index is 12.9. The number of nitrogens with one attached hydrogen (secondary N) is 1. The van der Waals surface area contributed by atoms with E-state index in [9.17, 15) is 9.59 Å². The molecule has 0 aromatic carbocycles. The van der Waals surface area contributed by atoms with Crippen LogP contribution in [0, 0.1) is 19.3 Å². The van der Waals surface area contributed by atoms with Gasteiger partial charge in [0.2, 0.25) is 5.91 Å². The molecule has 1 atom stereocenters. The first-order chi connectivity index (χ1) is 10.5. The fourth-order valence-electron chi connectivity index (χ4n) is 4.04. The number of aromatic nitrogens is 1. The van der Waals surface area contributed by atoms with E-state index in [1.165, 1.54) is 0 Å². The second-order valence-corrected chi connectivity index (χ2v) is 6.65. The average molecular weight is 303 g/mol. The quantitative estimate of drug-likeness (QED) is 0.907. The van der Waals surface area contributed by atoms with Crippen molar-refractivity contribution in [2.75, 3.05) is 19.6 Å². The van der Waals surface area contributed by atoms with E-state index in [1.54, 1.807) is 0 Å². The summed E-state index contributed by atoms with van der Waals surface area (Å²) in [7, 11) is 0. The van der Waals surface area contributed by atoms with Gasteiger partial charge in [-0.1, -0.05) is 0 Å². The fourth-order valence-corrected chi connectivity index (χ4v) is 4.04. The molecule has 0 radical (unpaired) electrons. The Balaban J connectivity index is 1.81. The molecular weight excluding hydrogens is 278 g/mol. The third-order valence-electron chi connectivity index (χ3n) is 5.36. The van der Waals surface area contributed by atoms with E-state index < -0.39 is 0 Å². The Morgan fingerprint density at radius 2 is 2.14 bits per heavy atom. The van der Waals surface area contributed by atoms with E-state index in [1.807, 2.05) is 24.8 Å². The van der Waals surface area contributed by atoms with Gasteiger partial charge < -0.3 is 14.8 Å². The molecule has 5 nitrogen and oxygen atoms in total. The molecule has 2 fully saturated rings. The van der Waals surface area contributed by atoms with Crippen LogP contribution < -0.4 is 5.32 Å². The maximum atomic E-state index is 12.9. The smallest absolute Gasteiger partial charge is 0.255 e. The number of carbonyl (C=O) groups is 2. The van der Waals surface area contributed by atoms with E-state index >= 15 is 0 Å². The van der Waals surface area contributed by atoms with Gasteiger partial charge in [-0.15, -0.1) is 0 Å². The Morgan fingerprint density at radius 1 is 1.36 bits per heavy atom. The Bertz CT molecular complexity index is 620. The van der Waals surface area contributed by atoms with Crippen molar-refractivity contribution in [3.05, 3.63) is 23.0 Å². The maximum Gasteiger partial charge on any atom is 0.255 e. The highest BCUT2D eigenvalue weighted by Crippen LogP contribution is 2.38. The average Bonchev–Trinajstić information content (AvgIpc) is 3.04. The number of amides is 2. The Labute approximate surface area is 131 Å². The van der Waals surface area contributed by atoms with Gasteiger partial charge in [0.05, 0.1) is 11.0 Å². The first-order valence-corrected chi connectivity index (χ1v) is 8.23. The van der Waals surface area contributed by atoms with Crippen molar-refractivity contribution in [1.82, 2.24) is 14.8 Å². The highest BCUT2D eigenvalue weighted by atomic mass is 16.2. The molecule has 3 rings (SSSR count). The molecular formula is C17H25N3O2. The molecule has 2 saturated heterocycles. The summed E-state index contributed by atoms with van der Waals surface area (Å²) < 4.78 is 2.16. The fraction of sp³-hybridized carbons (Fsp3) is 0.647. The van der Waals surface area contributed by atoms with E-state index in [4.69, 9.17) is 0 Å². The molecule has 120 valence electrons. The lowest BCUT2D eigenvalue weighted by Gasteiger charge is -2.32. The van der Waals surface area contributed by atoms with Crippen LogP contribution in [0.5, 0.6) is 0 Å². The number of hydrogen-bond acceptors (Lipinski definition) is 2. The molecule has 5 heteroatoms. The van der Waals surface area contributed by atoms with Gasteiger partial charge >= 0.3 is 0 Å². The van der Waals surface area contributed by atoms with E-state index in [2.05, 4.69) is 16.8 Å². The molecule has 1 unspecified atom stereocenters. The van der Waals surface area contributed by atoms with E-state index in [-0.39, 0.29) is 17.2 Å². The Hall–Kier alpha value is -1.78. The zero-order chi connectivity index (χ0) is 15.9. The largest absolute Gasteiger partial charge is 0.356 e. The number of rotatable bonds is 2. The van der Waals surface area contributed by atoms with Crippen molar-refractivity contribution < 1.29 is 9.59 Å². The first-order valence-electron chi connectivity index (χ1n) is 8.23. The molecule has 3 heterocycles. The third kappa shape index (κ3) is 2.23.